The summed E-state index contributed by atoms with van der Waals surface area (Å²) in [4.78, 5) is 11.6. The van der Waals surface area contributed by atoms with Crippen LogP contribution in [0.2, 0.25) is 4.47 Å². The second-order valence-electron chi connectivity index (χ2n) is 3.35. The van der Waals surface area contributed by atoms with Gasteiger partial charge in [-0.05, 0) is 29.3 Å². The molecule has 1 N–H and O–H groups in total. The summed E-state index contributed by atoms with van der Waals surface area (Å²) in [6.45, 7) is 0.363. The quantitative estimate of drug-likeness (QED) is 0.931. The highest BCUT2D eigenvalue weighted by Gasteiger charge is 2.11. The van der Waals surface area contributed by atoms with Gasteiger partial charge in [0.15, 0.2) is 0 Å². The Hall–Kier alpha value is -1.97. The number of hydrogen-bond donors (Lipinski definition) is 1. The molecule has 5 nitrogen and oxygen atoms in total. The molecule has 2 aromatic rings. The van der Waals surface area contributed by atoms with E-state index >= 15 is 0 Å². The van der Waals surface area contributed by atoms with Crippen LogP contribution in [0.25, 0.3) is 0 Å². The van der Waals surface area contributed by atoms with Gasteiger partial charge in [-0.15, -0.1) is 10.2 Å². The van der Waals surface area contributed by atoms with Crippen LogP contribution >= 0.6 is 22.9 Å². The molecular weight excluding hydrogens is 272 g/mol. The maximum atomic E-state index is 11.6. The molecule has 0 saturated carbocycles. The molecule has 1 aromatic carbocycles. The fourth-order valence-electron chi connectivity index (χ4n) is 1.25. The number of rotatable bonds is 3. The third-order valence-corrected chi connectivity index (χ3v) is 3.15. The van der Waals surface area contributed by atoms with Crippen molar-refractivity contribution in [2.75, 3.05) is 0 Å². The SMILES string of the molecule is N#Cc1ccc(CNC(=O)c2nnc(Cl)s2)cc1. The van der Waals surface area contributed by atoms with E-state index in [-0.39, 0.29) is 15.4 Å². The van der Waals surface area contributed by atoms with E-state index in [4.69, 9.17) is 16.9 Å². The van der Waals surface area contributed by atoms with Gasteiger partial charge < -0.3 is 5.32 Å². The molecule has 0 aliphatic carbocycles. The number of nitrogens with zero attached hydrogens (tertiary/aromatic N) is 3. The maximum absolute atomic E-state index is 11.6. The first-order valence-corrected chi connectivity index (χ1v) is 6.15. The van der Waals surface area contributed by atoms with E-state index in [0.717, 1.165) is 16.9 Å². The van der Waals surface area contributed by atoms with Crippen molar-refractivity contribution < 1.29 is 4.79 Å². The lowest BCUT2D eigenvalue weighted by Gasteiger charge is -2.02. The topological polar surface area (TPSA) is 78.7 Å². The van der Waals surface area contributed by atoms with Crippen LogP contribution in [0.15, 0.2) is 24.3 Å². The monoisotopic (exact) mass is 278 g/mol. The Morgan fingerprint density at radius 3 is 2.67 bits per heavy atom. The summed E-state index contributed by atoms with van der Waals surface area (Å²) in [6.07, 6.45) is 0. The van der Waals surface area contributed by atoms with Crippen LogP contribution in [0.5, 0.6) is 0 Å². The van der Waals surface area contributed by atoms with E-state index in [0.29, 0.717) is 12.1 Å². The van der Waals surface area contributed by atoms with Gasteiger partial charge in [0.2, 0.25) is 9.47 Å². The maximum Gasteiger partial charge on any atom is 0.282 e. The van der Waals surface area contributed by atoms with E-state index in [1.54, 1.807) is 24.3 Å². The van der Waals surface area contributed by atoms with Crippen molar-refractivity contribution in [3.05, 3.63) is 44.9 Å². The number of carbonyl (C=O) groups excluding carboxylic acids is 1. The molecule has 18 heavy (non-hydrogen) atoms. The van der Waals surface area contributed by atoms with Gasteiger partial charge in [0.05, 0.1) is 11.6 Å². The lowest BCUT2D eigenvalue weighted by atomic mass is 10.1. The fraction of sp³-hybridized carbons (Fsp3) is 0.0909. The highest BCUT2D eigenvalue weighted by molar-refractivity contribution is 7.17. The van der Waals surface area contributed by atoms with Crippen LogP contribution in [0.4, 0.5) is 0 Å². The number of nitriles is 1. The van der Waals surface area contributed by atoms with Crippen molar-refractivity contribution in [1.82, 2.24) is 15.5 Å². The van der Waals surface area contributed by atoms with Gasteiger partial charge in [-0.25, -0.2) is 0 Å². The first-order valence-electron chi connectivity index (χ1n) is 4.95. The van der Waals surface area contributed by atoms with Crippen LogP contribution < -0.4 is 5.32 Å². The van der Waals surface area contributed by atoms with Crippen molar-refractivity contribution in [1.29, 1.82) is 5.26 Å². The van der Waals surface area contributed by atoms with E-state index in [2.05, 4.69) is 15.5 Å². The number of amides is 1. The molecule has 1 aromatic heterocycles. The second kappa shape index (κ2) is 5.58. The van der Waals surface area contributed by atoms with Crippen LogP contribution in [0.3, 0.4) is 0 Å². The third-order valence-electron chi connectivity index (χ3n) is 2.13. The zero-order valence-corrected chi connectivity index (χ0v) is 10.6. The minimum absolute atomic E-state index is 0.230. The van der Waals surface area contributed by atoms with Crippen molar-refractivity contribution in [2.24, 2.45) is 0 Å². The highest BCUT2D eigenvalue weighted by atomic mass is 35.5. The molecule has 0 saturated heterocycles. The highest BCUT2D eigenvalue weighted by Crippen LogP contribution is 2.14. The van der Waals surface area contributed by atoms with Crippen molar-refractivity contribution in [3.63, 3.8) is 0 Å². The molecule has 0 fully saturated rings. The van der Waals surface area contributed by atoms with Gasteiger partial charge in [0.1, 0.15) is 0 Å². The van der Waals surface area contributed by atoms with Gasteiger partial charge in [-0.1, -0.05) is 23.5 Å². The van der Waals surface area contributed by atoms with E-state index in [1.165, 1.54) is 0 Å². The number of nitrogens with one attached hydrogen (secondary N) is 1. The Kier molecular flexibility index (Phi) is 3.87. The molecule has 7 heteroatoms. The van der Waals surface area contributed by atoms with E-state index in [1.807, 2.05) is 6.07 Å². The Morgan fingerprint density at radius 2 is 2.11 bits per heavy atom. The average molecular weight is 279 g/mol. The summed E-state index contributed by atoms with van der Waals surface area (Å²) in [5.74, 6) is -0.316. The molecule has 2 rings (SSSR count). The minimum Gasteiger partial charge on any atom is -0.346 e. The number of carbonyl (C=O) groups is 1. The van der Waals surface area contributed by atoms with E-state index in [9.17, 15) is 4.79 Å². The molecule has 0 aliphatic rings. The van der Waals surface area contributed by atoms with Gasteiger partial charge in [0, 0.05) is 6.54 Å². The zero-order valence-electron chi connectivity index (χ0n) is 9.05. The van der Waals surface area contributed by atoms with Gasteiger partial charge in [-0.3, -0.25) is 4.79 Å². The predicted octanol–water partition coefficient (Wildman–Crippen LogP) is 1.99. The molecule has 0 spiro atoms. The third kappa shape index (κ3) is 3.03. The summed E-state index contributed by atoms with van der Waals surface area (Å²) in [5.41, 5.74) is 1.49. The van der Waals surface area contributed by atoms with Gasteiger partial charge in [-0.2, -0.15) is 5.26 Å². The number of halogens is 1. The van der Waals surface area contributed by atoms with Crippen molar-refractivity contribution in [2.45, 2.75) is 6.54 Å². The number of hydrogen-bond acceptors (Lipinski definition) is 5. The molecule has 1 amide bonds. The lowest BCUT2D eigenvalue weighted by Crippen LogP contribution is -2.22. The molecule has 0 bridgehead atoms. The van der Waals surface area contributed by atoms with Crippen LogP contribution in [0, 0.1) is 11.3 Å². The Labute approximate surface area is 112 Å². The first kappa shape index (κ1) is 12.5. The first-order chi connectivity index (χ1) is 8.69. The number of aromatic nitrogens is 2. The molecule has 0 unspecified atom stereocenters. The summed E-state index contributed by atoms with van der Waals surface area (Å²) in [7, 11) is 0. The molecule has 1 heterocycles. The molecule has 0 radical (unpaired) electrons. The predicted molar refractivity (Wildman–Crippen MR) is 67.2 cm³/mol. The molecule has 90 valence electrons. The minimum atomic E-state index is -0.316. The normalized spacial score (nSPS) is 9.78. The molecule has 0 atom stereocenters. The fourth-order valence-corrected chi connectivity index (χ4v) is 2.00. The zero-order chi connectivity index (χ0) is 13.0. The van der Waals surface area contributed by atoms with Crippen molar-refractivity contribution >= 4 is 28.8 Å². The summed E-state index contributed by atoms with van der Waals surface area (Å²) in [6, 6.07) is 8.99. The summed E-state index contributed by atoms with van der Waals surface area (Å²) in [5, 5.41) is 18.8. The van der Waals surface area contributed by atoms with Gasteiger partial charge >= 0.3 is 0 Å². The Balaban J connectivity index is 1.95. The van der Waals surface area contributed by atoms with Crippen molar-refractivity contribution in [3.8, 4) is 6.07 Å². The van der Waals surface area contributed by atoms with Crippen LogP contribution in [-0.4, -0.2) is 16.1 Å². The van der Waals surface area contributed by atoms with Gasteiger partial charge in [0.25, 0.3) is 5.91 Å². The molecular formula is C11H7ClN4OS. The van der Waals surface area contributed by atoms with Crippen LogP contribution in [-0.2, 0) is 6.54 Å². The second-order valence-corrected chi connectivity index (χ2v) is 4.91. The average Bonchev–Trinajstić information content (AvgIpc) is 2.83. The largest absolute Gasteiger partial charge is 0.346 e. The summed E-state index contributed by atoms with van der Waals surface area (Å²) < 4.78 is 0.235. The number of benzene rings is 1. The Bertz CT molecular complexity index is 602. The smallest absolute Gasteiger partial charge is 0.282 e. The Morgan fingerprint density at radius 1 is 1.39 bits per heavy atom. The van der Waals surface area contributed by atoms with E-state index < -0.39 is 0 Å². The van der Waals surface area contributed by atoms with Crippen LogP contribution in [0.1, 0.15) is 20.9 Å². The standard InChI is InChI=1S/C11H7ClN4OS/c12-11-16-15-10(18-11)9(17)14-6-8-3-1-7(5-13)2-4-8/h1-4H,6H2,(H,14,17). The molecule has 0 aliphatic heterocycles. The summed E-state index contributed by atoms with van der Waals surface area (Å²) >= 11 is 6.61. The lowest BCUT2D eigenvalue weighted by molar-refractivity contribution is 0.0950.